The summed E-state index contributed by atoms with van der Waals surface area (Å²) in [5.74, 6) is 0. The van der Waals surface area contributed by atoms with Gasteiger partial charge in [0.2, 0.25) is 0 Å². The van der Waals surface area contributed by atoms with Gasteiger partial charge in [0.1, 0.15) is 0 Å². The maximum atomic E-state index is 5.98. The molecule has 78 valence electrons. The lowest BCUT2D eigenvalue weighted by molar-refractivity contribution is -0.0746. The lowest BCUT2D eigenvalue weighted by Crippen LogP contribution is -2.51. The van der Waals surface area contributed by atoms with Crippen molar-refractivity contribution in [3.05, 3.63) is 0 Å². The molecule has 0 bridgehead atoms. The molecule has 0 saturated heterocycles. The first kappa shape index (κ1) is 11.0. The Morgan fingerprint density at radius 3 is 1.92 bits per heavy atom. The molecule has 1 aliphatic rings. The van der Waals surface area contributed by atoms with Crippen LogP contribution in [0.15, 0.2) is 0 Å². The number of methoxy groups -OCH3 is 1. The molecule has 2 heteroatoms. The van der Waals surface area contributed by atoms with Crippen molar-refractivity contribution in [3.63, 3.8) is 0 Å². The Balaban J connectivity index is 2.63. The lowest BCUT2D eigenvalue weighted by Gasteiger charge is -2.44. The third kappa shape index (κ3) is 2.23. The first-order valence-corrected chi connectivity index (χ1v) is 5.23. The average molecular weight is 185 g/mol. The molecule has 1 rings (SSSR count). The van der Waals surface area contributed by atoms with Crippen LogP contribution in [0.4, 0.5) is 0 Å². The van der Waals surface area contributed by atoms with E-state index in [1.165, 1.54) is 12.8 Å². The maximum Gasteiger partial charge on any atom is 0.0826 e. The molecular weight excluding hydrogens is 162 g/mol. The Labute approximate surface area is 81.8 Å². The van der Waals surface area contributed by atoms with Gasteiger partial charge in [0.15, 0.2) is 0 Å². The molecule has 0 aromatic carbocycles. The van der Waals surface area contributed by atoms with Crippen molar-refractivity contribution in [2.24, 2.45) is 11.1 Å². The van der Waals surface area contributed by atoms with E-state index in [9.17, 15) is 0 Å². The van der Waals surface area contributed by atoms with E-state index >= 15 is 0 Å². The molecule has 0 heterocycles. The van der Waals surface area contributed by atoms with Crippen molar-refractivity contribution in [2.75, 3.05) is 7.11 Å². The van der Waals surface area contributed by atoms with Crippen LogP contribution in [0.25, 0.3) is 0 Å². The number of hydrogen-bond donors (Lipinski definition) is 1. The Hall–Kier alpha value is -0.0800. The fourth-order valence-electron chi connectivity index (χ4n) is 2.20. The molecule has 0 amide bonds. The smallest absolute Gasteiger partial charge is 0.0826 e. The van der Waals surface area contributed by atoms with Gasteiger partial charge in [-0.2, -0.15) is 0 Å². The van der Waals surface area contributed by atoms with Gasteiger partial charge in [-0.15, -0.1) is 0 Å². The van der Waals surface area contributed by atoms with Gasteiger partial charge in [0.05, 0.1) is 5.60 Å². The van der Waals surface area contributed by atoms with Crippen molar-refractivity contribution >= 4 is 0 Å². The molecule has 1 aliphatic carbocycles. The molecule has 1 saturated carbocycles. The molecule has 0 radical (unpaired) electrons. The summed E-state index contributed by atoms with van der Waals surface area (Å²) in [4.78, 5) is 0. The van der Waals surface area contributed by atoms with Gasteiger partial charge in [-0.3, -0.25) is 0 Å². The second-order valence-electron chi connectivity index (χ2n) is 5.22. The molecule has 0 aliphatic heterocycles. The second kappa shape index (κ2) is 3.58. The van der Waals surface area contributed by atoms with Gasteiger partial charge in [0.25, 0.3) is 0 Å². The van der Waals surface area contributed by atoms with Gasteiger partial charge < -0.3 is 10.5 Å². The highest BCUT2D eigenvalue weighted by atomic mass is 16.5. The normalized spacial score (nSPS) is 28.4. The van der Waals surface area contributed by atoms with Gasteiger partial charge in [0, 0.05) is 13.2 Å². The molecule has 2 nitrogen and oxygen atoms in total. The van der Waals surface area contributed by atoms with Crippen LogP contribution in [0, 0.1) is 5.41 Å². The largest absolute Gasteiger partial charge is 0.377 e. The first-order chi connectivity index (χ1) is 5.92. The van der Waals surface area contributed by atoms with Crippen LogP contribution in [0.3, 0.4) is 0 Å². The number of hydrogen-bond acceptors (Lipinski definition) is 2. The summed E-state index contributed by atoms with van der Waals surface area (Å²) in [5.41, 5.74) is 6.41. The summed E-state index contributed by atoms with van der Waals surface area (Å²) in [7, 11) is 1.79. The zero-order valence-corrected chi connectivity index (χ0v) is 9.39. The summed E-state index contributed by atoms with van der Waals surface area (Å²) >= 11 is 0. The van der Waals surface area contributed by atoms with Crippen molar-refractivity contribution in [2.45, 2.75) is 58.1 Å². The van der Waals surface area contributed by atoms with Crippen LogP contribution in [0.5, 0.6) is 0 Å². The van der Waals surface area contributed by atoms with E-state index in [0.717, 1.165) is 12.8 Å². The van der Waals surface area contributed by atoms with E-state index in [4.69, 9.17) is 10.5 Å². The first-order valence-electron chi connectivity index (χ1n) is 5.23. The third-order valence-electron chi connectivity index (χ3n) is 3.69. The average Bonchev–Trinajstić information content (AvgIpc) is 2.05. The predicted molar refractivity (Wildman–Crippen MR) is 55.6 cm³/mol. The molecule has 0 aromatic rings. The minimum Gasteiger partial charge on any atom is -0.377 e. The quantitative estimate of drug-likeness (QED) is 0.716. The number of nitrogens with two attached hydrogens (primary N) is 1. The van der Waals surface area contributed by atoms with E-state index in [2.05, 4.69) is 20.8 Å². The van der Waals surface area contributed by atoms with E-state index in [1.54, 1.807) is 7.11 Å². The minimum atomic E-state index is -0.0461. The van der Waals surface area contributed by atoms with Crippen LogP contribution < -0.4 is 5.73 Å². The summed E-state index contributed by atoms with van der Waals surface area (Å²) in [6.07, 6.45) is 4.66. The fourth-order valence-corrected chi connectivity index (χ4v) is 2.20. The molecule has 0 unspecified atom stereocenters. The molecule has 0 aromatic heterocycles. The highest BCUT2D eigenvalue weighted by molar-refractivity contribution is 4.95. The van der Waals surface area contributed by atoms with Gasteiger partial charge >= 0.3 is 0 Å². The zero-order valence-electron chi connectivity index (χ0n) is 9.39. The Morgan fingerprint density at radius 2 is 1.62 bits per heavy atom. The Bertz CT molecular complexity index is 165. The standard InChI is InChI=1S/C11H23NO/c1-9(12)11(13-4)7-5-10(2,3)6-8-11/h9H,5-8,12H2,1-4H3/t9-/m1/s1. The monoisotopic (exact) mass is 185 g/mol. The molecule has 1 atom stereocenters. The predicted octanol–water partition coefficient (Wildman–Crippen LogP) is 2.32. The highest BCUT2D eigenvalue weighted by Crippen LogP contribution is 2.42. The Kier molecular flexibility index (Phi) is 3.03. The summed E-state index contributed by atoms with van der Waals surface area (Å²) in [6, 6.07) is 0.147. The lowest BCUT2D eigenvalue weighted by atomic mass is 9.69. The van der Waals surface area contributed by atoms with Gasteiger partial charge in [-0.1, -0.05) is 13.8 Å². The number of rotatable bonds is 2. The van der Waals surface area contributed by atoms with Crippen LogP contribution >= 0.6 is 0 Å². The number of ether oxygens (including phenoxy) is 1. The van der Waals surface area contributed by atoms with Crippen LogP contribution in [0.1, 0.15) is 46.5 Å². The summed E-state index contributed by atoms with van der Waals surface area (Å²) < 4.78 is 5.61. The third-order valence-corrected chi connectivity index (χ3v) is 3.69. The summed E-state index contributed by atoms with van der Waals surface area (Å²) in [6.45, 7) is 6.71. The van der Waals surface area contributed by atoms with E-state index in [0.29, 0.717) is 5.41 Å². The topological polar surface area (TPSA) is 35.2 Å². The van der Waals surface area contributed by atoms with Gasteiger partial charge in [-0.05, 0) is 38.0 Å². The second-order valence-corrected chi connectivity index (χ2v) is 5.22. The SMILES string of the molecule is COC1([C@@H](C)N)CCC(C)(C)CC1. The minimum absolute atomic E-state index is 0.0461. The van der Waals surface area contributed by atoms with Crippen molar-refractivity contribution in [1.29, 1.82) is 0 Å². The highest BCUT2D eigenvalue weighted by Gasteiger charge is 2.40. The summed E-state index contributed by atoms with van der Waals surface area (Å²) in [5, 5.41) is 0. The van der Waals surface area contributed by atoms with Crippen molar-refractivity contribution in [1.82, 2.24) is 0 Å². The van der Waals surface area contributed by atoms with Crippen molar-refractivity contribution < 1.29 is 4.74 Å². The van der Waals surface area contributed by atoms with Crippen LogP contribution in [0.2, 0.25) is 0 Å². The van der Waals surface area contributed by atoms with Crippen LogP contribution in [-0.2, 0) is 4.74 Å². The van der Waals surface area contributed by atoms with Gasteiger partial charge in [-0.25, -0.2) is 0 Å². The molecule has 13 heavy (non-hydrogen) atoms. The zero-order chi connectivity index (χ0) is 10.1. The maximum absolute atomic E-state index is 5.98. The van der Waals surface area contributed by atoms with E-state index in [1.807, 2.05) is 0 Å². The van der Waals surface area contributed by atoms with E-state index in [-0.39, 0.29) is 11.6 Å². The molecule has 2 N–H and O–H groups in total. The Morgan fingerprint density at radius 1 is 1.15 bits per heavy atom. The molecular formula is C11H23NO. The van der Waals surface area contributed by atoms with Crippen molar-refractivity contribution in [3.8, 4) is 0 Å². The molecule has 0 spiro atoms. The fraction of sp³-hybridized carbons (Fsp3) is 1.00. The molecule has 1 fully saturated rings. The van der Waals surface area contributed by atoms with Crippen LogP contribution in [-0.4, -0.2) is 18.8 Å². The van der Waals surface area contributed by atoms with E-state index < -0.39 is 0 Å².